The second-order valence-electron chi connectivity index (χ2n) is 9.64. The summed E-state index contributed by atoms with van der Waals surface area (Å²) in [6.45, 7) is 2.34. The highest BCUT2D eigenvalue weighted by atomic mass is 16.5. The van der Waals surface area contributed by atoms with Gasteiger partial charge in [0.25, 0.3) is 5.91 Å². The molecule has 1 saturated carbocycles. The number of anilines is 1. The first-order chi connectivity index (χ1) is 18.0. The van der Waals surface area contributed by atoms with E-state index in [0.717, 1.165) is 52.7 Å². The minimum Gasteiger partial charge on any atom is -0.496 e. The van der Waals surface area contributed by atoms with Crippen molar-refractivity contribution < 1.29 is 9.53 Å². The van der Waals surface area contributed by atoms with Crippen LogP contribution in [0, 0.1) is 6.92 Å². The fourth-order valence-corrected chi connectivity index (χ4v) is 5.16. The number of aromatic nitrogens is 4. The van der Waals surface area contributed by atoms with Gasteiger partial charge in [0.2, 0.25) is 0 Å². The zero-order valence-corrected chi connectivity index (χ0v) is 21.5. The second kappa shape index (κ2) is 10.6. The molecule has 1 aliphatic carbocycles. The third-order valence-electron chi connectivity index (χ3n) is 7.20. The van der Waals surface area contributed by atoms with Crippen molar-refractivity contribution >= 4 is 22.8 Å². The van der Waals surface area contributed by atoms with E-state index in [2.05, 4.69) is 20.6 Å². The van der Waals surface area contributed by atoms with E-state index in [9.17, 15) is 4.79 Å². The molecule has 0 aliphatic heterocycles. The molecule has 192 valence electrons. The minimum atomic E-state index is -0.174. The predicted molar refractivity (Wildman–Crippen MR) is 144 cm³/mol. The van der Waals surface area contributed by atoms with Crippen LogP contribution >= 0.6 is 0 Å². The van der Waals surface area contributed by atoms with E-state index >= 15 is 0 Å². The molecule has 5 rings (SSSR count). The van der Waals surface area contributed by atoms with Gasteiger partial charge in [-0.15, -0.1) is 0 Å². The van der Waals surface area contributed by atoms with E-state index in [4.69, 9.17) is 15.6 Å². The van der Waals surface area contributed by atoms with Gasteiger partial charge in [-0.25, -0.2) is 14.6 Å². The van der Waals surface area contributed by atoms with Crippen molar-refractivity contribution in [2.24, 2.45) is 0 Å². The van der Waals surface area contributed by atoms with Crippen molar-refractivity contribution in [2.75, 3.05) is 19.9 Å². The van der Waals surface area contributed by atoms with Crippen LogP contribution in [0.3, 0.4) is 0 Å². The molecule has 2 aromatic heterocycles. The summed E-state index contributed by atoms with van der Waals surface area (Å²) in [4.78, 5) is 21.6. The number of amides is 1. The van der Waals surface area contributed by atoms with E-state index in [-0.39, 0.29) is 11.9 Å². The van der Waals surface area contributed by atoms with Crippen LogP contribution in [0.5, 0.6) is 5.75 Å². The Morgan fingerprint density at radius 3 is 2.73 bits per heavy atom. The monoisotopic (exact) mass is 499 g/mol. The summed E-state index contributed by atoms with van der Waals surface area (Å²) in [6, 6.07) is 14.3. The van der Waals surface area contributed by atoms with Crippen LogP contribution in [0.25, 0.3) is 22.3 Å². The molecule has 2 unspecified atom stereocenters. The number of nitrogens with two attached hydrogens (primary N) is 1. The second-order valence-corrected chi connectivity index (χ2v) is 9.64. The molecule has 9 heteroatoms. The molecule has 1 fully saturated rings. The molecular formula is C28H33N7O2. The van der Waals surface area contributed by atoms with E-state index in [0.29, 0.717) is 29.7 Å². The van der Waals surface area contributed by atoms with Gasteiger partial charge in [0.05, 0.1) is 24.1 Å². The number of benzene rings is 2. The molecule has 4 N–H and O–H groups in total. The van der Waals surface area contributed by atoms with Crippen LogP contribution in [-0.2, 0) is 6.54 Å². The fourth-order valence-electron chi connectivity index (χ4n) is 5.16. The Bertz CT molecular complexity index is 1410. The number of ether oxygens (including phenoxy) is 1. The van der Waals surface area contributed by atoms with Crippen LogP contribution < -0.4 is 21.1 Å². The number of fused-ring (bicyclic) bond motifs is 1. The Morgan fingerprint density at radius 1 is 1.16 bits per heavy atom. The van der Waals surface area contributed by atoms with Crippen molar-refractivity contribution in [1.82, 2.24) is 30.4 Å². The summed E-state index contributed by atoms with van der Waals surface area (Å²) in [5.74, 6) is 0.807. The molecule has 37 heavy (non-hydrogen) atoms. The Hall–Kier alpha value is -3.98. The van der Waals surface area contributed by atoms with Crippen LogP contribution in [0.4, 0.5) is 5.82 Å². The maximum Gasteiger partial charge on any atom is 0.255 e. The minimum absolute atomic E-state index is 0.174. The molecule has 1 aliphatic rings. The number of carbonyl (C=O) groups excluding carboxylic acids is 1. The van der Waals surface area contributed by atoms with Gasteiger partial charge >= 0.3 is 0 Å². The van der Waals surface area contributed by atoms with Gasteiger partial charge in [-0.2, -0.15) is 5.10 Å². The molecule has 0 radical (unpaired) electrons. The molecule has 4 aromatic rings. The van der Waals surface area contributed by atoms with Crippen LogP contribution in [-0.4, -0.2) is 45.9 Å². The van der Waals surface area contributed by atoms with Gasteiger partial charge in [0.15, 0.2) is 5.65 Å². The lowest BCUT2D eigenvalue weighted by molar-refractivity contribution is 0.0947. The summed E-state index contributed by atoms with van der Waals surface area (Å²) >= 11 is 0. The van der Waals surface area contributed by atoms with E-state index in [1.165, 1.54) is 12.7 Å². The summed E-state index contributed by atoms with van der Waals surface area (Å²) in [6.07, 6.45) is 5.88. The topological polar surface area (TPSA) is 120 Å². The first kappa shape index (κ1) is 24.7. The van der Waals surface area contributed by atoms with Gasteiger partial charge in [-0.05, 0) is 57.4 Å². The quantitative estimate of drug-likeness (QED) is 0.351. The normalized spacial score (nSPS) is 17.6. The first-order valence-electron chi connectivity index (χ1n) is 12.7. The Labute approximate surface area is 216 Å². The number of carbonyl (C=O) groups is 1. The smallest absolute Gasteiger partial charge is 0.255 e. The SMILES string of the molecule is CNC1CCCC(n2nc(-c3ccc(CNC(=O)c4cc(C)ccc4OC)cc3)c3c(N)ncnc32)C1. The Morgan fingerprint density at radius 2 is 1.97 bits per heavy atom. The third kappa shape index (κ3) is 4.99. The van der Waals surface area contributed by atoms with E-state index in [1.807, 2.05) is 61.1 Å². The highest BCUT2D eigenvalue weighted by Crippen LogP contribution is 2.36. The fraction of sp³-hybridized carbons (Fsp3) is 0.357. The number of rotatable bonds is 7. The Kier molecular flexibility index (Phi) is 7.05. The number of nitrogens with one attached hydrogen (secondary N) is 2. The van der Waals surface area contributed by atoms with Gasteiger partial charge in [0, 0.05) is 18.2 Å². The van der Waals surface area contributed by atoms with Crippen molar-refractivity contribution in [3.63, 3.8) is 0 Å². The number of hydrogen-bond acceptors (Lipinski definition) is 7. The zero-order chi connectivity index (χ0) is 25.9. The van der Waals surface area contributed by atoms with Gasteiger partial charge in [-0.3, -0.25) is 4.79 Å². The average molecular weight is 500 g/mol. The molecule has 2 atom stereocenters. The maximum atomic E-state index is 12.8. The number of hydrogen-bond donors (Lipinski definition) is 3. The highest BCUT2D eigenvalue weighted by molar-refractivity contribution is 5.98. The largest absolute Gasteiger partial charge is 0.496 e. The van der Waals surface area contributed by atoms with Crippen molar-refractivity contribution in [3.05, 3.63) is 65.5 Å². The zero-order valence-electron chi connectivity index (χ0n) is 21.5. The van der Waals surface area contributed by atoms with E-state index in [1.54, 1.807) is 7.11 Å². The summed E-state index contributed by atoms with van der Waals surface area (Å²) in [7, 11) is 3.58. The number of nitrogen functional groups attached to an aromatic ring is 1. The van der Waals surface area contributed by atoms with Crippen molar-refractivity contribution in [2.45, 2.75) is 51.2 Å². The lowest BCUT2D eigenvalue weighted by Gasteiger charge is -2.29. The molecular weight excluding hydrogens is 466 g/mol. The van der Waals surface area contributed by atoms with Gasteiger partial charge in [0.1, 0.15) is 23.6 Å². The average Bonchev–Trinajstić information content (AvgIpc) is 3.33. The molecule has 1 amide bonds. The predicted octanol–water partition coefficient (Wildman–Crippen LogP) is 4.03. The van der Waals surface area contributed by atoms with Crippen LogP contribution in [0.1, 0.15) is 53.2 Å². The molecule has 0 saturated heterocycles. The number of nitrogens with zero attached hydrogens (tertiary/aromatic N) is 4. The standard InChI is InChI=1S/C28H33N7O2/c1-17-7-12-23(37-3)22(13-17)28(36)31-15-18-8-10-19(11-9-18)25-24-26(29)32-16-33-27(24)35(34-25)21-6-4-5-20(14-21)30-2/h7-13,16,20-21,30H,4-6,14-15H2,1-3H3,(H,31,36)(H2,29,32,33). The molecule has 0 bridgehead atoms. The third-order valence-corrected chi connectivity index (χ3v) is 7.20. The molecule has 0 spiro atoms. The highest BCUT2D eigenvalue weighted by Gasteiger charge is 2.27. The van der Waals surface area contributed by atoms with Crippen LogP contribution in [0.15, 0.2) is 48.8 Å². The Balaban J connectivity index is 1.38. The van der Waals surface area contributed by atoms with Crippen molar-refractivity contribution in [3.8, 4) is 17.0 Å². The van der Waals surface area contributed by atoms with Gasteiger partial charge in [-0.1, -0.05) is 35.9 Å². The first-order valence-corrected chi connectivity index (χ1v) is 12.7. The number of aryl methyl sites for hydroxylation is 1. The maximum absolute atomic E-state index is 12.8. The van der Waals surface area contributed by atoms with Crippen LogP contribution in [0.2, 0.25) is 0 Å². The summed E-state index contributed by atoms with van der Waals surface area (Å²) in [5.41, 5.74) is 11.3. The number of methoxy groups -OCH3 is 1. The molecule has 9 nitrogen and oxygen atoms in total. The summed E-state index contributed by atoms with van der Waals surface area (Å²) in [5, 5.41) is 12.2. The van der Waals surface area contributed by atoms with E-state index < -0.39 is 0 Å². The molecule has 2 aromatic carbocycles. The molecule has 2 heterocycles. The summed E-state index contributed by atoms with van der Waals surface area (Å²) < 4.78 is 7.38. The van der Waals surface area contributed by atoms with Gasteiger partial charge < -0.3 is 21.1 Å². The lowest BCUT2D eigenvalue weighted by atomic mass is 9.91. The van der Waals surface area contributed by atoms with Crippen molar-refractivity contribution in [1.29, 1.82) is 0 Å². The lowest BCUT2D eigenvalue weighted by Crippen LogP contribution is -2.32.